The van der Waals surface area contributed by atoms with E-state index in [1.54, 1.807) is 28.9 Å². The Balaban J connectivity index is 1.71. The minimum Gasteiger partial charge on any atom is -0.493 e. The van der Waals surface area contributed by atoms with Crippen LogP contribution in [0.5, 0.6) is 5.75 Å². The van der Waals surface area contributed by atoms with E-state index in [2.05, 4.69) is 15.5 Å². The molecule has 0 amide bonds. The summed E-state index contributed by atoms with van der Waals surface area (Å²) < 4.78 is 12.2. The van der Waals surface area contributed by atoms with Crippen LogP contribution in [0.4, 0.5) is 0 Å². The van der Waals surface area contributed by atoms with Gasteiger partial charge in [0.05, 0.1) is 13.0 Å². The lowest BCUT2D eigenvalue weighted by molar-refractivity contribution is -0.145. The zero-order chi connectivity index (χ0) is 17.4. The van der Waals surface area contributed by atoms with Crippen LogP contribution in [0, 0.1) is 0 Å². The van der Waals surface area contributed by atoms with Crippen molar-refractivity contribution in [2.45, 2.75) is 39.8 Å². The number of ketones is 1. The molecule has 0 atom stereocenters. The van der Waals surface area contributed by atoms with Crippen molar-refractivity contribution in [1.82, 2.24) is 20.2 Å². The molecular formula is C16H20N4O4. The van der Waals surface area contributed by atoms with Crippen LogP contribution in [-0.2, 0) is 22.7 Å². The number of carbonyl (C=O) groups is 2. The first-order valence-corrected chi connectivity index (χ1v) is 7.74. The predicted molar refractivity (Wildman–Crippen MR) is 84.5 cm³/mol. The smallest absolute Gasteiger partial charge is 0.309 e. The van der Waals surface area contributed by atoms with Crippen LogP contribution in [0.15, 0.2) is 24.3 Å². The van der Waals surface area contributed by atoms with Gasteiger partial charge in [-0.25, -0.2) is 4.68 Å². The summed E-state index contributed by atoms with van der Waals surface area (Å²) in [6.45, 7) is 4.43. The highest BCUT2D eigenvalue weighted by atomic mass is 16.5. The molecule has 0 bridgehead atoms. The van der Waals surface area contributed by atoms with Crippen LogP contribution in [0.3, 0.4) is 0 Å². The third-order valence-corrected chi connectivity index (χ3v) is 3.24. The monoisotopic (exact) mass is 332 g/mol. The van der Waals surface area contributed by atoms with E-state index in [1.807, 2.05) is 6.92 Å². The fourth-order valence-electron chi connectivity index (χ4n) is 1.97. The second-order valence-corrected chi connectivity index (χ2v) is 5.16. The van der Waals surface area contributed by atoms with E-state index in [4.69, 9.17) is 9.47 Å². The van der Waals surface area contributed by atoms with Gasteiger partial charge in [0.25, 0.3) is 0 Å². The number of tetrazole rings is 1. The first-order valence-electron chi connectivity index (χ1n) is 7.74. The Morgan fingerprint density at radius 2 is 1.96 bits per heavy atom. The number of rotatable bonds is 9. The highest BCUT2D eigenvalue weighted by Gasteiger charge is 2.09. The largest absolute Gasteiger partial charge is 0.493 e. The minimum absolute atomic E-state index is 0.00413. The number of benzene rings is 1. The Morgan fingerprint density at radius 3 is 2.62 bits per heavy atom. The lowest BCUT2D eigenvalue weighted by Gasteiger charge is -2.07. The first kappa shape index (κ1) is 17.6. The van der Waals surface area contributed by atoms with Gasteiger partial charge < -0.3 is 9.47 Å². The third kappa shape index (κ3) is 5.15. The zero-order valence-electron chi connectivity index (χ0n) is 13.8. The highest BCUT2D eigenvalue weighted by Crippen LogP contribution is 2.13. The molecule has 2 rings (SSSR count). The molecule has 0 spiro atoms. The van der Waals surface area contributed by atoms with Gasteiger partial charge in [-0.1, -0.05) is 6.92 Å². The number of hydrogen-bond acceptors (Lipinski definition) is 7. The van der Waals surface area contributed by atoms with Gasteiger partial charge in [0.1, 0.15) is 5.75 Å². The van der Waals surface area contributed by atoms with E-state index in [0.717, 1.165) is 6.42 Å². The molecule has 0 radical (unpaired) electrons. The lowest BCUT2D eigenvalue weighted by Crippen LogP contribution is -2.13. The molecule has 0 unspecified atom stereocenters. The van der Waals surface area contributed by atoms with Crippen LogP contribution in [0.25, 0.3) is 0 Å². The van der Waals surface area contributed by atoms with Crippen LogP contribution in [0.2, 0.25) is 0 Å². The van der Waals surface area contributed by atoms with Gasteiger partial charge in [-0.05, 0) is 48.0 Å². The fraction of sp³-hybridized carbons (Fsp3) is 0.438. The molecule has 0 saturated heterocycles. The molecule has 24 heavy (non-hydrogen) atoms. The van der Waals surface area contributed by atoms with Crippen molar-refractivity contribution in [3.63, 3.8) is 0 Å². The topological polar surface area (TPSA) is 96.2 Å². The van der Waals surface area contributed by atoms with E-state index < -0.39 is 0 Å². The maximum atomic E-state index is 11.7. The van der Waals surface area contributed by atoms with Gasteiger partial charge in [-0.2, -0.15) is 0 Å². The summed E-state index contributed by atoms with van der Waals surface area (Å²) >= 11 is 0. The molecule has 0 N–H and O–H groups in total. The van der Waals surface area contributed by atoms with E-state index in [9.17, 15) is 9.59 Å². The van der Waals surface area contributed by atoms with Crippen LogP contribution in [0.1, 0.15) is 42.9 Å². The predicted octanol–water partition coefficient (Wildman–Crippen LogP) is 1.80. The Kier molecular flexibility index (Phi) is 6.41. The molecule has 1 heterocycles. The average Bonchev–Trinajstić information content (AvgIpc) is 3.01. The van der Waals surface area contributed by atoms with Gasteiger partial charge in [0, 0.05) is 12.1 Å². The number of carbonyl (C=O) groups excluding carboxylic acids is 2. The van der Waals surface area contributed by atoms with E-state index in [1.165, 1.54) is 6.92 Å². The Morgan fingerprint density at radius 1 is 1.21 bits per heavy atom. The molecule has 2 aromatic rings. The lowest BCUT2D eigenvalue weighted by atomic mass is 10.1. The van der Waals surface area contributed by atoms with Gasteiger partial charge >= 0.3 is 5.97 Å². The van der Waals surface area contributed by atoms with Crippen molar-refractivity contribution in [3.05, 3.63) is 35.7 Å². The van der Waals surface area contributed by atoms with Crippen molar-refractivity contribution < 1.29 is 19.1 Å². The summed E-state index contributed by atoms with van der Waals surface area (Å²) in [5.41, 5.74) is 0.617. The van der Waals surface area contributed by atoms with Crippen molar-refractivity contribution in [2.24, 2.45) is 0 Å². The Bertz CT molecular complexity index is 682. The fourth-order valence-corrected chi connectivity index (χ4v) is 1.97. The second-order valence-electron chi connectivity index (χ2n) is 5.16. The average molecular weight is 332 g/mol. The van der Waals surface area contributed by atoms with Gasteiger partial charge in [0.2, 0.25) is 0 Å². The number of Topliss-reactive ketones (excluding diaryl/α,β-unsaturated/α-hetero) is 1. The van der Waals surface area contributed by atoms with Crippen LogP contribution in [-0.4, -0.2) is 38.6 Å². The number of nitrogens with zero attached hydrogens (tertiary/aromatic N) is 4. The van der Waals surface area contributed by atoms with Gasteiger partial charge in [0.15, 0.2) is 18.2 Å². The molecule has 0 aliphatic carbocycles. The molecule has 8 heteroatoms. The summed E-state index contributed by atoms with van der Waals surface area (Å²) in [6, 6.07) is 6.76. The third-order valence-electron chi connectivity index (χ3n) is 3.24. The summed E-state index contributed by atoms with van der Waals surface area (Å²) in [7, 11) is 0. The summed E-state index contributed by atoms with van der Waals surface area (Å²) in [4.78, 5) is 22.9. The Labute approximate surface area is 139 Å². The quantitative estimate of drug-likeness (QED) is 0.510. The maximum absolute atomic E-state index is 11.7. The van der Waals surface area contributed by atoms with Gasteiger partial charge in [-0.3, -0.25) is 9.59 Å². The number of hydrogen-bond donors (Lipinski definition) is 0. The molecule has 0 aliphatic rings. The SMILES string of the molecule is CCCn1nnnc1COC(=O)CCOc1ccc(C(C)=O)cc1. The summed E-state index contributed by atoms with van der Waals surface area (Å²) in [6.07, 6.45) is 1.01. The van der Waals surface area contributed by atoms with Crippen molar-refractivity contribution in [2.75, 3.05) is 6.61 Å². The molecule has 1 aromatic heterocycles. The summed E-state index contributed by atoms with van der Waals surface area (Å²) in [5.74, 6) is 0.725. The molecule has 128 valence electrons. The van der Waals surface area contributed by atoms with Crippen molar-refractivity contribution in [1.29, 1.82) is 0 Å². The molecule has 1 aromatic carbocycles. The maximum Gasteiger partial charge on any atom is 0.309 e. The number of ether oxygens (including phenoxy) is 2. The van der Waals surface area contributed by atoms with Crippen LogP contribution >= 0.6 is 0 Å². The normalized spacial score (nSPS) is 10.4. The van der Waals surface area contributed by atoms with Crippen LogP contribution < -0.4 is 4.74 Å². The Hall–Kier alpha value is -2.77. The standard InChI is InChI=1S/C16H20N4O4/c1-3-9-20-15(17-18-19-20)11-24-16(22)8-10-23-14-6-4-13(5-7-14)12(2)21/h4-7H,3,8-11H2,1-2H3. The number of aromatic nitrogens is 4. The molecular weight excluding hydrogens is 312 g/mol. The van der Waals surface area contributed by atoms with E-state index >= 15 is 0 Å². The zero-order valence-corrected chi connectivity index (χ0v) is 13.8. The van der Waals surface area contributed by atoms with Crippen molar-refractivity contribution in [3.8, 4) is 5.75 Å². The summed E-state index contributed by atoms with van der Waals surface area (Å²) in [5, 5.41) is 11.2. The second kappa shape index (κ2) is 8.76. The number of aryl methyl sites for hydroxylation is 1. The van der Waals surface area contributed by atoms with E-state index in [-0.39, 0.29) is 31.4 Å². The molecule has 0 fully saturated rings. The van der Waals surface area contributed by atoms with Gasteiger partial charge in [-0.15, -0.1) is 5.10 Å². The molecule has 8 nitrogen and oxygen atoms in total. The molecule has 0 saturated carbocycles. The highest BCUT2D eigenvalue weighted by molar-refractivity contribution is 5.94. The molecule has 0 aliphatic heterocycles. The first-order chi connectivity index (χ1) is 11.6. The minimum atomic E-state index is -0.388. The number of esters is 1. The van der Waals surface area contributed by atoms with Crippen molar-refractivity contribution >= 4 is 11.8 Å². The van der Waals surface area contributed by atoms with E-state index in [0.29, 0.717) is 23.7 Å².